The molecule has 1 aliphatic heterocycles. The largest absolute Gasteiger partial charge is 0.497 e. The van der Waals surface area contributed by atoms with Gasteiger partial charge in [0.2, 0.25) is 0 Å². The quantitative estimate of drug-likeness (QED) is 0.898. The summed E-state index contributed by atoms with van der Waals surface area (Å²) in [6.45, 7) is 9.27. The van der Waals surface area contributed by atoms with Crippen LogP contribution in [0.1, 0.15) is 31.3 Å². The topological polar surface area (TPSA) is 57.7 Å². The molecule has 144 valence electrons. The number of nitrogens with one attached hydrogen (secondary N) is 1. The first-order valence-electron chi connectivity index (χ1n) is 9.28. The van der Waals surface area contributed by atoms with E-state index in [9.17, 15) is 4.79 Å². The molecule has 0 spiro atoms. The first-order valence-corrected chi connectivity index (χ1v) is 9.28. The summed E-state index contributed by atoms with van der Waals surface area (Å²) >= 11 is 0. The molecule has 1 amide bonds. The number of carbonyl (C=O) groups excluding carboxylic acids is 1. The van der Waals surface area contributed by atoms with E-state index in [1.54, 1.807) is 19.4 Å². The summed E-state index contributed by atoms with van der Waals surface area (Å²) in [5.74, 6) is 0.842. The summed E-state index contributed by atoms with van der Waals surface area (Å²) in [6, 6.07) is 11.7. The highest BCUT2D eigenvalue weighted by molar-refractivity contribution is 5.92. The molecule has 0 aliphatic carbocycles. The van der Waals surface area contributed by atoms with Crippen LogP contribution in [0.25, 0.3) is 0 Å². The second kappa shape index (κ2) is 7.86. The molecule has 1 fully saturated rings. The zero-order valence-electron chi connectivity index (χ0n) is 16.5. The van der Waals surface area contributed by atoms with Crippen LogP contribution in [-0.4, -0.2) is 54.6 Å². The van der Waals surface area contributed by atoms with E-state index in [4.69, 9.17) is 4.74 Å². The molecule has 1 aromatic carbocycles. The number of hydrogen-bond donors (Lipinski definition) is 1. The minimum absolute atomic E-state index is 0.00769. The van der Waals surface area contributed by atoms with Crippen LogP contribution in [0.5, 0.6) is 5.75 Å². The Morgan fingerprint density at radius 3 is 2.22 bits per heavy atom. The maximum absolute atomic E-state index is 12.7. The summed E-state index contributed by atoms with van der Waals surface area (Å²) in [5.41, 5.74) is 2.53. The zero-order chi connectivity index (χ0) is 19.4. The van der Waals surface area contributed by atoms with Crippen LogP contribution in [0.4, 0.5) is 11.4 Å². The molecule has 2 heterocycles. The van der Waals surface area contributed by atoms with E-state index in [1.807, 2.05) is 23.1 Å². The fourth-order valence-corrected chi connectivity index (χ4v) is 3.15. The normalized spacial score (nSPS) is 14.8. The molecule has 1 N–H and O–H groups in total. The molecule has 6 nitrogen and oxygen atoms in total. The van der Waals surface area contributed by atoms with Gasteiger partial charge in [-0.15, -0.1) is 0 Å². The average Bonchev–Trinajstić information content (AvgIpc) is 2.67. The molecular formula is C21H28N4O2. The van der Waals surface area contributed by atoms with Crippen LogP contribution >= 0.6 is 0 Å². The van der Waals surface area contributed by atoms with Crippen molar-refractivity contribution in [3.63, 3.8) is 0 Å². The molecule has 2 aromatic rings. The lowest BCUT2D eigenvalue weighted by Gasteiger charge is -2.36. The molecule has 0 unspecified atom stereocenters. The lowest BCUT2D eigenvalue weighted by molar-refractivity contribution is 0.0741. The monoisotopic (exact) mass is 368 g/mol. The van der Waals surface area contributed by atoms with Crippen LogP contribution in [0.15, 0.2) is 42.6 Å². The molecular weight excluding hydrogens is 340 g/mol. The highest BCUT2D eigenvalue weighted by Crippen LogP contribution is 2.21. The van der Waals surface area contributed by atoms with E-state index < -0.39 is 0 Å². The van der Waals surface area contributed by atoms with Crippen molar-refractivity contribution in [1.82, 2.24) is 9.88 Å². The van der Waals surface area contributed by atoms with E-state index in [2.05, 4.69) is 48.1 Å². The summed E-state index contributed by atoms with van der Waals surface area (Å²) in [4.78, 5) is 21.2. The van der Waals surface area contributed by atoms with Crippen molar-refractivity contribution in [3.8, 4) is 5.75 Å². The molecule has 6 heteroatoms. The van der Waals surface area contributed by atoms with Crippen LogP contribution in [0, 0.1) is 0 Å². The Bertz CT molecular complexity index is 758. The van der Waals surface area contributed by atoms with Gasteiger partial charge in [0, 0.05) is 37.4 Å². The molecule has 27 heavy (non-hydrogen) atoms. The number of benzene rings is 1. The molecule has 3 rings (SSSR count). The number of piperazine rings is 1. The van der Waals surface area contributed by atoms with E-state index in [-0.39, 0.29) is 11.4 Å². The van der Waals surface area contributed by atoms with Crippen LogP contribution < -0.4 is 15.0 Å². The van der Waals surface area contributed by atoms with Crippen LogP contribution in [0.3, 0.4) is 0 Å². The molecule has 0 bridgehead atoms. The van der Waals surface area contributed by atoms with Gasteiger partial charge in [0.25, 0.3) is 5.91 Å². The maximum Gasteiger partial charge on any atom is 0.272 e. The minimum Gasteiger partial charge on any atom is -0.497 e. The predicted molar refractivity (Wildman–Crippen MR) is 109 cm³/mol. The van der Waals surface area contributed by atoms with Gasteiger partial charge in [-0.1, -0.05) is 0 Å². The second-order valence-corrected chi connectivity index (χ2v) is 7.78. The smallest absolute Gasteiger partial charge is 0.272 e. The standard InChI is InChI=1S/C21H28N4O2/c1-21(2,3)23-16-5-10-19(22-15-16)20(26)25-13-11-24(12-14-25)17-6-8-18(27-4)9-7-17/h5-10,15,23H,11-14H2,1-4H3. The Morgan fingerprint density at radius 2 is 1.70 bits per heavy atom. The second-order valence-electron chi connectivity index (χ2n) is 7.78. The Kier molecular flexibility index (Phi) is 5.54. The van der Waals surface area contributed by atoms with Gasteiger partial charge in [-0.25, -0.2) is 4.98 Å². The Labute approximate surface area is 161 Å². The number of aromatic nitrogens is 1. The van der Waals surface area contributed by atoms with Gasteiger partial charge in [0.15, 0.2) is 0 Å². The summed E-state index contributed by atoms with van der Waals surface area (Å²) in [5, 5.41) is 3.36. The van der Waals surface area contributed by atoms with E-state index in [0.29, 0.717) is 18.8 Å². The van der Waals surface area contributed by atoms with Gasteiger partial charge in [0.05, 0.1) is 19.0 Å². The minimum atomic E-state index is -0.0367. The van der Waals surface area contributed by atoms with Gasteiger partial charge in [-0.3, -0.25) is 4.79 Å². The van der Waals surface area contributed by atoms with Gasteiger partial charge >= 0.3 is 0 Å². The van der Waals surface area contributed by atoms with Crippen molar-refractivity contribution in [2.75, 3.05) is 43.5 Å². The van der Waals surface area contributed by atoms with Gasteiger partial charge in [0.1, 0.15) is 11.4 Å². The number of anilines is 2. The highest BCUT2D eigenvalue weighted by atomic mass is 16.5. The summed E-state index contributed by atoms with van der Waals surface area (Å²) in [6.07, 6.45) is 1.73. The maximum atomic E-state index is 12.7. The SMILES string of the molecule is COc1ccc(N2CCN(C(=O)c3ccc(NC(C)(C)C)cn3)CC2)cc1. The average molecular weight is 368 g/mol. The number of nitrogens with zero attached hydrogens (tertiary/aromatic N) is 3. The number of hydrogen-bond acceptors (Lipinski definition) is 5. The van der Waals surface area contributed by atoms with Crippen LogP contribution in [0.2, 0.25) is 0 Å². The molecule has 1 aromatic heterocycles. The third-order valence-electron chi connectivity index (χ3n) is 4.51. The van der Waals surface area contributed by atoms with Gasteiger partial charge in [-0.05, 0) is 57.2 Å². The molecule has 1 saturated heterocycles. The first kappa shape index (κ1) is 19.0. The van der Waals surface area contributed by atoms with Crippen molar-refractivity contribution < 1.29 is 9.53 Å². The van der Waals surface area contributed by atoms with Crippen molar-refractivity contribution in [2.45, 2.75) is 26.3 Å². The Balaban J connectivity index is 1.57. The number of amides is 1. The third-order valence-corrected chi connectivity index (χ3v) is 4.51. The zero-order valence-corrected chi connectivity index (χ0v) is 16.5. The Hall–Kier alpha value is -2.76. The van der Waals surface area contributed by atoms with Gasteiger partial charge in [-0.2, -0.15) is 0 Å². The summed E-state index contributed by atoms with van der Waals surface area (Å²) < 4.78 is 5.21. The molecule has 1 aliphatic rings. The molecule has 0 saturated carbocycles. The highest BCUT2D eigenvalue weighted by Gasteiger charge is 2.23. The number of rotatable bonds is 4. The van der Waals surface area contributed by atoms with E-state index in [1.165, 1.54) is 0 Å². The number of ether oxygens (including phenoxy) is 1. The molecule has 0 radical (unpaired) electrons. The van der Waals surface area contributed by atoms with E-state index in [0.717, 1.165) is 30.2 Å². The van der Waals surface area contributed by atoms with Gasteiger partial charge < -0.3 is 19.9 Å². The fraction of sp³-hybridized carbons (Fsp3) is 0.429. The van der Waals surface area contributed by atoms with Crippen molar-refractivity contribution >= 4 is 17.3 Å². The first-order chi connectivity index (χ1) is 12.9. The fourth-order valence-electron chi connectivity index (χ4n) is 3.15. The number of pyridine rings is 1. The lowest BCUT2D eigenvalue weighted by Crippen LogP contribution is -2.49. The third kappa shape index (κ3) is 4.90. The number of carbonyl (C=O) groups is 1. The number of methoxy groups -OCH3 is 1. The van der Waals surface area contributed by atoms with E-state index >= 15 is 0 Å². The predicted octanol–water partition coefficient (Wildman–Crippen LogP) is 3.26. The Morgan fingerprint density at radius 1 is 1.04 bits per heavy atom. The lowest BCUT2D eigenvalue weighted by atomic mass is 10.1. The van der Waals surface area contributed by atoms with Crippen molar-refractivity contribution in [2.24, 2.45) is 0 Å². The van der Waals surface area contributed by atoms with Crippen molar-refractivity contribution in [1.29, 1.82) is 0 Å². The van der Waals surface area contributed by atoms with Crippen molar-refractivity contribution in [3.05, 3.63) is 48.3 Å². The molecule has 0 atom stereocenters. The van der Waals surface area contributed by atoms with Crippen LogP contribution in [-0.2, 0) is 0 Å². The summed E-state index contributed by atoms with van der Waals surface area (Å²) in [7, 11) is 1.67.